The van der Waals surface area contributed by atoms with Crippen LogP contribution in [0.25, 0.3) is 0 Å². The molecule has 2 atom stereocenters. The number of nitrogens with one attached hydrogen (secondary N) is 1. The Morgan fingerprint density at radius 3 is 3.25 bits per heavy atom. The summed E-state index contributed by atoms with van der Waals surface area (Å²) in [6.07, 6.45) is 2.71. The number of aryl methyl sites for hydroxylation is 1. The molecular weight excluding hydrogens is 202 g/mol. The van der Waals surface area contributed by atoms with E-state index in [0.717, 1.165) is 30.5 Å². The van der Waals surface area contributed by atoms with Gasteiger partial charge in [-0.2, -0.15) is 0 Å². The molecule has 1 aromatic rings. The monoisotopic (exact) mass is 221 g/mol. The fourth-order valence-electron chi connectivity index (χ4n) is 2.98. The van der Waals surface area contributed by atoms with Gasteiger partial charge in [0, 0.05) is 25.2 Å². The number of hydrogen-bond donors (Lipinski definition) is 1. The number of aromatic nitrogens is 1. The fraction of sp³-hybridized carbons (Fsp3) is 0.750. The number of fused-ring (bicyclic) bond motifs is 1. The minimum absolute atomic E-state index is 0.706. The number of likely N-dealkylation sites (tertiary alicyclic amines) is 1. The molecule has 88 valence electrons. The highest BCUT2D eigenvalue weighted by Gasteiger charge is 2.34. The van der Waals surface area contributed by atoms with E-state index < -0.39 is 0 Å². The highest BCUT2D eigenvalue weighted by atomic mass is 16.5. The Bertz CT molecular complexity index is 349. The third-order valence-corrected chi connectivity index (χ3v) is 3.73. The number of piperidine rings is 1. The van der Waals surface area contributed by atoms with Crippen LogP contribution >= 0.6 is 0 Å². The van der Waals surface area contributed by atoms with Crippen molar-refractivity contribution < 1.29 is 4.52 Å². The van der Waals surface area contributed by atoms with Crippen molar-refractivity contribution in [3.8, 4) is 0 Å². The Balaban J connectivity index is 1.61. The summed E-state index contributed by atoms with van der Waals surface area (Å²) in [5.41, 5.74) is 0.977. The SMILES string of the molecule is Cc1cc(CN2CC3CCCNC3C2)on1. The van der Waals surface area contributed by atoms with Crippen molar-refractivity contribution >= 4 is 0 Å². The van der Waals surface area contributed by atoms with Gasteiger partial charge in [0.2, 0.25) is 0 Å². The lowest BCUT2D eigenvalue weighted by atomic mass is 9.94. The first-order chi connectivity index (χ1) is 7.81. The minimum atomic E-state index is 0.706. The summed E-state index contributed by atoms with van der Waals surface area (Å²) < 4.78 is 5.27. The summed E-state index contributed by atoms with van der Waals surface area (Å²) in [5.74, 6) is 1.84. The molecule has 0 amide bonds. The van der Waals surface area contributed by atoms with Crippen LogP contribution in [-0.2, 0) is 6.54 Å². The highest BCUT2D eigenvalue weighted by molar-refractivity contribution is 5.04. The van der Waals surface area contributed by atoms with Gasteiger partial charge in [0.05, 0.1) is 12.2 Å². The van der Waals surface area contributed by atoms with E-state index in [2.05, 4.69) is 15.4 Å². The quantitative estimate of drug-likeness (QED) is 0.814. The van der Waals surface area contributed by atoms with E-state index in [-0.39, 0.29) is 0 Å². The average Bonchev–Trinajstić information content (AvgIpc) is 2.84. The average molecular weight is 221 g/mol. The first-order valence-corrected chi connectivity index (χ1v) is 6.19. The molecule has 2 aliphatic rings. The summed E-state index contributed by atoms with van der Waals surface area (Å²) in [5, 5.41) is 7.55. The van der Waals surface area contributed by atoms with Crippen molar-refractivity contribution in [3.63, 3.8) is 0 Å². The molecule has 0 aliphatic carbocycles. The third kappa shape index (κ3) is 1.99. The van der Waals surface area contributed by atoms with Gasteiger partial charge < -0.3 is 9.84 Å². The largest absolute Gasteiger partial charge is 0.360 e. The van der Waals surface area contributed by atoms with Crippen molar-refractivity contribution in [1.29, 1.82) is 0 Å². The van der Waals surface area contributed by atoms with E-state index in [1.807, 2.05) is 13.0 Å². The molecule has 2 saturated heterocycles. The minimum Gasteiger partial charge on any atom is -0.360 e. The maximum absolute atomic E-state index is 5.27. The second-order valence-corrected chi connectivity index (χ2v) is 5.09. The van der Waals surface area contributed by atoms with Crippen LogP contribution in [0.5, 0.6) is 0 Å². The van der Waals surface area contributed by atoms with Crippen molar-refractivity contribution in [2.45, 2.75) is 32.4 Å². The van der Waals surface area contributed by atoms with E-state index in [0.29, 0.717) is 6.04 Å². The van der Waals surface area contributed by atoms with Crippen LogP contribution < -0.4 is 5.32 Å². The van der Waals surface area contributed by atoms with E-state index in [4.69, 9.17) is 4.52 Å². The van der Waals surface area contributed by atoms with Gasteiger partial charge in [0.25, 0.3) is 0 Å². The molecule has 16 heavy (non-hydrogen) atoms. The van der Waals surface area contributed by atoms with E-state index in [9.17, 15) is 0 Å². The van der Waals surface area contributed by atoms with Crippen molar-refractivity contribution in [1.82, 2.24) is 15.4 Å². The van der Waals surface area contributed by atoms with Crippen LogP contribution in [0.1, 0.15) is 24.3 Å². The second-order valence-electron chi connectivity index (χ2n) is 5.09. The Morgan fingerprint density at radius 1 is 1.56 bits per heavy atom. The lowest BCUT2D eigenvalue weighted by Crippen LogP contribution is -2.40. The summed E-state index contributed by atoms with van der Waals surface area (Å²) in [7, 11) is 0. The molecule has 3 heterocycles. The third-order valence-electron chi connectivity index (χ3n) is 3.73. The molecule has 0 spiro atoms. The van der Waals surface area contributed by atoms with Crippen molar-refractivity contribution in [3.05, 3.63) is 17.5 Å². The van der Waals surface area contributed by atoms with Crippen LogP contribution in [0.3, 0.4) is 0 Å². The molecule has 4 nitrogen and oxygen atoms in total. The molecule has 4 heteroatoms. The fourth-order valence-corrected chi connectivity index (χ4v) is 2.98. The van der Waals surface area contributed by atoms with E-state index in [1.54, 1.807) is 0 Å². The Kier molecular flexibility index (Phi) is 2.69. The van der Waals surface area contributed by atoms with Gasteiger partial charge in [-0.25, -0.2) is 0 Å². The summed E-state index contributed by atoms with van der Waals surface area (Å²) in [6, 6.07) is 2.74. The van der Waals surface area contributed by atoms with Crippen LogP contribution in [0.2, 0.25) is 0 Å². The second kappa shape index (κ2) is 4.18. The summed E-state index contributed by atoms with van der Waals surface area (Å²) >= 11 is 0. The van der Waals surface area contributed by atoms with Crippen LogP contribution in [0.15, 0.2) is 10.6 Å². The topological polar surface area (TPSA) is 41.3 Å². The zero-order valence-electron chi connectivity index (χ0n) is 9.78. The van der Waals surface area contributed by atoms with Crippen molar-refractivity contribution in [2.75, 3.05) is 19.6 Å². The van der Waals surface area contributed by atoms with Gasteiger partial charge in [0.1, 0.15) is 0 Å². The van der Waals surface area contributed by atoms with E-state index in [1.165, 1.54) is 25.9 Å². The molecule has 0 saturated carbocycles. The highest BCUT2D eigenvalue weighted by Crippen LogP contribution is 2.25. The van der Waals surface area contributed by atoms with Gasteiger partial charge >= 0.3 is 0 Å². The molecule has 2 aliphatic heterocycles. The molecular formula is C12H19N3O. The van der Waals surface area contributed by atoms with Crippen LogP contribution in [0.4, 0.5) is 0 Å². The van der Waals surface area contributed by atoms with Gasteiger partial charge in [-0.15, -0.1) is 0 Å². The normalized spacial score (nSPS) is 30.6. The van der Waals surface area contributed by atoms with Gasteiger partial charge in [-0.1, -0.05) is 5.16 Å². The number of rotatable bonds is 2. The molecule has 1 aromatic heterocycles. The summed E-state index contributed by atoms with van der Waals surface area (Å²) in [6.45, 7) is 6.44. The molecule has 0 radical (unpaired) electrons. The predicted octanol–water partition coefficient (Wildman–Crippen LogP) is 1.17. The lowest BCUT2D eigenvalue weighted by Gasteiger charge is -2.24. The van der Waals surface area contributed by atoms with Crippen molar-refractivity contribution in [2.24, 2.45) is 5.92 Å². The van der Waals surface area contributed by atoms with Gasteiger partial charge in [-0.3, -0.25) is 4.90 Å². The molecule has 0 aromatic carbocycles. The van der Waals surface area contributed by atoms with E-state index >= 15 is 0 Å². The molecule has 1 N–H and O–H groups in total. The number of nitrogens with zero attached hydrogens (tertiary/aromatic N) is 2. The van der Waals surface area contributed by atoms with Gasteiger partial charge in [0.15, 0.2) is 5.76 Å². The first kappa shape index (κ1) is 10.3. The first-order valence-electron chi connectivity index (χ1n) is 6.19. The molecule has 2 fully saturated rings. The Labute approximate surface area is 96.0 Å². The predicted molar refractivity (Wildman–Crippen MR) is 61.0 cm³/mol. The summed E-state index contributed by atoms with van der Waals surface area (Å²) in [4.78, 5) is 2.48. The molecule has 3 rings (SSSR count). The van der Waals surface area contributed by atoms with Crippen LogP contribution in [0, 0.1) is 12.8 Å². The molecule has 2 unspecified atom stereocenters. The Hall–Kier alpha value is -0.870. The number of hydrogen-bond acceptors (Lipinski definition) is 4. The maximum atomic E-state index is 5.27. The Morgan fingerprint density at radius 2 is 2.50 bits per heavy atom. The zero-order chi connectivity index (χ0) is 11.0. The molecule has 0 bridgehead atoms. The van der Waals surface area contributed by atoms with Gasteiger partial charge in [-0.05, 0) is 32.2 Å². The zero-order valence-corrected chi connectivity index (χ0v) is 9.78. The standard InChI is InChI=1S/C12H19N3O/c1-9-5-11(16-14-9)7-15-6-10-3-2-4-13-12(10)8-15/h5,10,12-13H,2-4,6-8H2,1H3. The smallest absolute Gasteiger partial charge is 0.150 e. The maximum Gasteiger partial charge on any atom is 0.150 e. The van der Waals surface area contributed by atoms with Crippen LogP contribution in [-0.4, -0.2) is 35.7 Å². The lowest BCUT2D eigenvalue weighted by molar-refractivity contribution is 0.264.